The number of hydrogen-bond donors (Lipinski definition) is 0. The molecule has 1 aromatic carbocycles. The SMILES string of the molecule is Cc1cc(C(C)C)cc(C)c1SC(C)C. The molecule has 0 aliphatic heterocycles. The van der Waals surface area contributed by atoms with Crippen LogP contribution < -0.4 is 0 Å². The van der Waals surface area contributed by atoms with Crippen LogP contribution in [0.3, 0.4) is 0 Å². The average Bonchev–Trinajstić information content (AvgIpc) is 2.10. The smallest absolute Gasteiger partial charge is 0.0133 e. The summed E-state index contributed by atoms with van der Waals surface area (Å²) < 4.78 is 0. The van der Waals surface area contributed by atoms with Gasteiger partial charge in [-0.15, -0.1) is 11.8 Å². The summed E-state index contributed by atoms with van der Waals surface area (Å²) in [6.45, 7) is 13.5. The van der Waals surface area contributed by atoms with E-state index in [1.165, 1.54) is 21.6 Å². The Morgan fingerprint density at radius 1 is 0.933 bits per heavy atom. The van der Waals surface area contributed by atoms with Gasteiger partial charge in [-0.2, -0.15) is 0 Å². The van der Waals surface area contributed by atoms with E-state index in [2.05, 4.69) is 53.7 Å². The lowest BCUT2D eigenvalue weighted by Crippen LogP contribution is -1.96. The predicted octanol–water partition coefficient (Wildman–Crippen LogP) is 4.93. The largest absolute Gasteiger partial charge is 0.123 e. The van der Waals surface area contributed by atoms with E-state index in [9.17, 15) is 0 Å². The molecule has 0 heterocycles. The van der Waals surface area contributed by atoms with Gasteiger partial charge in [0, 0.05) is 10.1 Å². The Labute approximate surface area is 98.5 Å². The van der Waals surface area contributed by atoms with Crippen LogP contribution in [0.4, 0.5) is 0 Å². The molecule has 0 bridgehead atoms. The van der Waals surface area contributed by atoms with E-state index in [1.54, 1.807) is 0 Å². The average molecular weight is 222 g/mol. The fraction of sp³-hybridized carbons (Fsp3) is 0.571. The van der Waals surface area contributed by atoms with E-state index >= 15 is 0 Å². The Morgan fingerprint density at radius 3 is 1.73 bits per heavy atom. The number of rotatable bonds is 3. The van der Waals surface area contributed by atoms with Gasteiger partial charge in [-0.05, 0) is 36.5 Å². The van der Waals surface area contributed by atoms with E-state index in [1.807, 2.05) is 11.8 Å². The normalized spacial score (nSPS) is 11.5. The molecule has 1 heteroatoms. The van der Waals surface area contributed by atoms with Crippen LogP contribution in [0.1, 0.15) is 50.3 Å². The Balaban J connectivity index is 3.10. The van der Waals surface area contributed by atoms with E-state index < -0.39 is 0 Å². The lowest BCUT2D eigenvalue weighted by atomic mass is 9.99. The van der Waals surface area contributed by atoms with Gasteiger partial charge in [0.05, 0.1) is 0 Å². The molecule has 0 nitrogen and oxygen atoms in total. The molecule has 0 N–H and O–H groups in total. The van der Waals surface area contributed by atoms with Crippen molar-refractivity contribution in [2.45, 2.75) is 57.6 Å². The lowest BCUT2D eigenvalue weighted by Gasteiger charge is -2.15. The molecular weight excluding hydrogens is 200 g/mol. The molecule has 15 heavy (non-hydrogen) atoms. The van der Waals surface area contributed by atoms with Gasteiger partial charge in [0.2, 0.25) is 0 Å². The van der Waals surface area contributed by atoms with Gasteiger partial charge in [0.1, 0.15) is 0 Å². The van der Waals surface area contributed by atoms with Crippen LogP contribution >= 0.6 is 11.8 Å². The minimum atomic E-state index is 0.625. The van der Waals surface area contributed by atoms with Crippen molar-refractivity contribution in [1.29, 1.82) is 0 Å². The first kappa shape index (κ1) is 12.6. The predicted molar refractivity (Wildman–Crippen MR) is 71.0 cm³/mol. The second kappa shape index (κ2) is 5.07. The highest BCUT2D eigenvalue weighted by molar-refractivity contribution is 8.00. The number of aryl methyl sites for hydroxylation is 2. The third-order valence-corrected chi connectivity index (χ3v) is 3.85. The Hall–Kier alpha value is -0.430. The molecule has 0 amide bonds. The second-order valence-corrected chi connectivity index (χ2v) is 6.39. The molecule has 0 aliphatic carbocycles. The van der Waals surface area contributed by atoms with Crippen molar-refractivity contribution in [1.82, 2.24) is 0 Å². The maximum absolute atomic E-state index is 2.34. The topological polar surface area (TPSA) is 0 Å². The zero-order valence-electron chi connectivity index (χ0n) is 10.7. The monoisotopic (exact) mass is 222 g/mol. The van der Waals surface area contributed by atoms with Gasteiger partial charge in [0.25, 0.3) is 0 Å². The highest BCUT2D eigenvalue weighted by Gasteiger charge is 2.09. The van der Waals surface area contributed by atoms with Crippen molar-refractivity contribution in [3.63, 3.8) is 0 Å². The maximum Gasteiger partial charge on any atom is 0.0133 e. The molecule has 1 rings (SSSR count). The minimum absolute atomic E-state index is 0.625. The van der Waals surface area contributed by atoms with Crippen LogP contribution in [0, 0.1) is 13.8 Å². The molecule has 0 spiro atoms. The first-order chi connectivity index (χ1) is 6.91. The van der Waals surface area contributed by atoms with E-state index in [-0.39, 0.29) is 0 Å². The van der Waals surface area contributed by atoms with E-state index in [0.29, 0.717) is 11.2 Å². The number of hydrogen-bond acceptors (Lipinski definition) is 1. The molecule has 0 unspecified atom stereocenters. The Morgan fingerprint density at radius 2 is 1.40 bits per heavy atom. The molecule has 0 fully saturated rings. The Kier molecular flexibility index (Phi) is 4.27. The minimum Gasteiger partial charge on any atom is -0.123 e. The summed E-state index contributed by atoms with van der Waals surface area (Å²) in [5.74, 6) is 0.625. The molecule has 1 aromatic rings. The van der Waals surface area contributed by atoms with Crippen LogP contribution in [0.5, 0.6) is 0 Å². The van der Waals surface area contributed by atoms with Crippen molar-refractivity contribution < 1.29 is 0 Å². The highest BCUT2D eigenvalue weighted by Crippen LogP contribution is 2.32. The quantitative estimate of drug-likeness (QED) is 0.654. The molecule has 0 saturated carbocycles. The summed E-state index contributed by atoms with van der Waals surface area (Å²) in [6, 6.07) is 4.67. The summed E-state index contributed by atoms with van der Waals surface area (Å²) in [4.78, 5) is 1.47. The van der Waals surface area contributed by atoms with Crippen LogP contribution in [-0.4, -0.2) is 5.25 Å². The van der Waals surface area contributed by atoms with Crippen LogP contribution in [0.2, 0.25) is 0 Å². The third-order valence-electron chi connectivity index (χ3n) is 2.50. The fourth-order valence-electron chi connectivity index (χ4n) is 1.74. The maximum atomic E-state index is 2.34. The zero-order chi connectivity index (χ0) is 11.6. The zero-order valence-corrected chi connectivity index (χ0v) is 11.5. The van der Waals surface area contributed by atoms with Crippen LogP contribution in [0.25, 0.3) is 0 Å². The molecule has 0 radical (unpaired) electrons. The number of thioether (sulfide) groups is 1. The van der Waals surface area contributed by atoms with Gasteiger partial charge in [-0.1, -0.05) is 39.8 Å². The summed E-state index contributed by atoms with van der Waals surface area (Å²) in [5.41, 5.74) is 4.31. The van der Waals surface area contributed by atoms with E-state index in [0.717, 1.165) is 0 Å². The Bertz CT molecular complexity index is 314. The van der Waals surface area contributed by atoms with Crippen LogP contribution in [0.15, 0.2) is 17.0 Å². The van der Waals surface area contributed by atoms with Crippen molar-refractivity contribution in [3.8, 4) is 0 Å². The molecule has 0 aromatic heterocycles. The first-order valence-electron chi connectivity index (χ1n) is 5.69. The number of benzene rings is 1. The van der Waals surface area contributed by atoms with Gasteiger partial charge in [-0.25, -0.2) is 0 Å². The van der Waals surface area contributed by atoms with Gasteiger partial charge < -0.3 is 0 Å². The first-order valence-corrected chi connectivity index (χ1v) is 6.57. The standard InChI is InChI=1S/C14H22S/c1-9(2)13-7-11(5)14(12(6)8-13)15-10(3)4/h7-10H,1-6H3. The summed E-state index contributed by atoms with van der Waals surface area (Å²) in [5, 5.41) is 0.660. The molecule has 0 atom stereocenters. The third kappa shape index (κ3) is 3.27. The van der Waals surface area contributed by atoms with E-state index in [4.69, 9.17) is 0 Å². The van der Waals surface area contributed by atoms with Gasteiger partial charge in [-0.3, -0.25) is 0 Å². The van der Waals surface area contributed by atoms with Gasteiger partial charge in [0.15, 0.2) is 0 Å². The van der Waals surface area contributed by atoms with Crippen molar-refractivity contribution >= 4 is 11.8 Å². The van der Waals surface area contributed by atoms with Crippen molar-refractivity contribution in [2.75, 3.05) is 0 Å². The summed E-state index contributed by atoms with van der Waals surface area (Å²) >= 11 is 1.97. The highest BCUT2D eigenvalue weighted by atomic mass is 32.2. The summed E-state index contributed by atoms with van der Waals surface area (Å²) in [6.07, 6.45) is 0. The summed E-state index contributed by atoms with van der Waals surface area (Å²) in [7, 11) is 0. The molecular formula is C14H22S. The van der Waals surface area contributed by atoms with Gasteiger partial charge >= 0.3 is 0 Å². The van der Waals surface area contributed by atoms with Crippen molar-refractivity contribution in [2.24, 2.45) is 0 Å². The molecule has 84 valence electrons. The molecule has 0 saturated heterocycles. The lowest BCUT2D eigenvalue weighted by molar-refractivity contribution is 0.858. The molecule has 0 aliphatic rings. The van der Waals surface area contributed by atoms with Crippen LogP contribution in [-0.2, 0) is 0 Å². The fourth-order valence-corrected chi connectivity index (χ4v) is 2.70. The van der Waals surface area contributed by atoms with Crippen molar-refractivity contribution in [3.05, 3.63) is 28.8 Å². The second-order valence-electron chi connectivity index (χ2n) is 4.81.